The first-order valence-electron chi connectivity index (χ1n) is 11.4. The van der Waals surface area contributed by atoms with Gasteiger partial charge >= 0.3 is 6.03 Å². The van der Waals surface area contributed by atoms with Crippen molar-refractivity contribution in [2.75, 3.05) is 12.4 Å². The minimum Gasteiger partial charge on any atom is -0.325 e. The Labute approximate surface area is 188 Å². The highest BCUT2D eigenvalue weighted by molar-refractivity contribution is 5.95. The summed E-state index contributed by atoms with van der Waals surface area (Å²) in [6.07, 6.45) is 7.71. The van der Waals surface area contributed by atoms with Gasteiger partial charge in [-0.05, 0) is 41.8 Å². The van der Waals surface area contributed by atoms with Gasteiger partial charge in [0.25, 0.3) is 0 Å². The van der Waals surface area contributed by atoms with E-state index in [1.807, 2.05) is 65.3 Å². The molecule has 0 unspecified atom stereocenters. The average Bonchev–Trinajstić information content (AvgIpc) is 3.28. The zero-order valence-corrected chi connectivity index (χ0v) is 18.4. The van der Waals surface area contributed by atoms with Gasteiger partial charge in [-0.15, -0.1) is 0 Å². The Balaban J connectivity index is 1.51. The number of carbonyl (C=O) groups excluding carboxylic acids is 1. The van der Waals surface area contributed by atoms with Crippen molar-refractivity contribution < 1.29 is 4.79 Å². The highest BCUT2D eigenvalue weighted by Crippen LogP contribution is 2.31. The number of benzene rings is 3. The summed E-state index contributed by atoms with van der Waals surface area (Å²) in [4.78, 5) is 15.0. The number of anilines is 1. The molecule has 0 saturated heterocycles. The molecule has 1 aromatic heterocycles. The van der Waals surface area contributed by atoms with Gasteiger partial charge in [0.15, 0.2) is 0 Å². The molecule has 1 fully saturated rings. The van der Waals surface area contributed by atoms with Gasteiger partial charge in [0.2, 0.25) is 0 Å². The van der Waals surface area contributed by atoms with Gasteiger partial charge in [0, 0.05) is 18.7 Å². The topological polar surface area (TPSA) is 50.2 Å². The van der Waals surface area contributed by atoms with Crippen molar-refractivity contribution in [3.8, 4) is 16.9 Å². The lowest BCUT2D eigenvalue weighted by molar-refractivity contribution is 0.186. The van der Waals surface area contributed by atoms with Crippen molar-refractivity contribution in [3.05, 3.63) is 79.0 Å². The number of aromatic nitrogens is 2. The van der Waals surface area contributed by atoms with Gasteiger partial charge < -0.3 is 10.2 Å². The fourth-order valence-electron chi connectivity index (χ4n) is 4.57. The summed E-state index contributed by atoms with van der Waals surface area (Å²) in [7, 11) is 1.91. The maximum Gasteiger partial charge on any atom is 0.321 e. The standard InChI is InChI=1S/C27H28N4O/c1-30(23-12-4-2-5-13-23)27(32)28-25-19-31(24-14-6-3-7-15-24)29-26(25)22-17-16-20-10-8-9-11-21(20)18-22/h3,6-11,14-19,23H,2,4-5,12-13H2,1H3,(H,28,32). The van der Waals surface area contributed by atoms with Gasteiger partial charge in [-0.25, -0.2) is 9.48 Å². The lowest BCUT2D eigenvalue weighted by Crippen LogP contribution is -2.40. The first kappa shape index (κ1) is 20.3. The molecule has 5 rings (SSSR count). The molecule has 0 aliphatic heterocycles. The molecule has 0 bridgehead atoms. The van der Waals surface area contributed by atoms with Crippen molar-refractivity contribution in [3.63, 3.8) is 0 Å². The van der Waals surface area contributed by atoms with Gasteiger partial charge in [0.05, 0.1) is 17.6 Å². The van der Waals surface area contributed by atoms with Crippen molar-refractivity contribution in [2.45, 2.75) is 38.1 Å². The summed E-state index contributed by atoms with van der Waals surface area (Å²) in [6.45, 7) is 0. The molecule has 4 aromatic rings. The van der Waals surface area contributed by atoms with Crippen molar-refractivity contribution in [1.82, 2.24) is 14.7 Å². The SMILES string of the molecule is CN(C(=O)Nc1cn(-c2ccccc2)nc1-c1ccc2ccccc2c1)C1CCCCC1. The number of para-hydroxylation sites is 1. The normalized spacial score (nSPS) is 14.4. The van der Waals surface area contributed by atoms with Crippen LogP contribution in [0.15, 0.2) is 79.0 Å². The minimum absolute atomic E-state index is 0.0773. The molecule has 1 aliphatic rings. The number of hydrogen-bond acceptors (Lipinski definition) is 2. The average molecular weight is 425 g/mol. The fourth-order valence-corrected chi connectivity index (χ4v) is 4.57. The summed E-state index contributed by atoms with van der Waals surface area (Å²) >= 11 is 0. The smallest absolute Gasteiger partial charge is 0.321 e. The lowest BCUT2D eigenvalue weighted by Gasteiger charge is -2.31. The van der Waals surface area contributed by atoms with Crippen molar-refractivity contribution in [1.29, 1.82) is 0 Å². The van der Waals surface area contributed by atoms with Gasteiger partial charge in [-0.2, -0.15) is 5.10 Å². The number of hydrogen-bond donors (Lipinski definition) is 1. The molecular formula is C27H28N4O. The monoisotopic (exact) mass is 424 g/mol. The highest BCUT2D eigenvalue weighted by atomic mass is 16.2. The van der Waals surface area contributed by atoms with Crippen LogP contribution in [0.2, 0.25) is 0 Å². The molecular weight excluding hydrogens is 396 g/mol. The molecule has 1 heterocycles. The van der Waals surface area contributed by atoms with E-state index in [2.05, 4.69) is 35.6 Å². The van der Waals surface area contributed by atoms with Crippen LogP contribution < -0.4 is 5.32 Å². The van der Waals surface area contributed by atoms with E-state index in [0.29, 0.717) is 6.04 Å². The Morgan fingerprint density at radius 2 is 1.66 bits per heavy atom. The summed E-state index contributed by atoms with van der Waals surface area (Å²) in [6, 6.07) is 24.8. The van der Waals surface area contributed by atoms with E-state index in [-0.39, 0.29) is 6.03 Å². The van der Waals surface area contributed by atoms with E-state index < -0.39 is 0 Å². The number of fused-ring (bicyclic) bond motifs is 1. The quantitative estimate of drug-likeness (QED) is 0.407. The molecule has 5 nitrogen and oxygen atoms in total. The zero-order valence-electron chi connectivity index (χ0n) is 18.4. The largest absolute Gasteiger partial charge is 0.325 e. The second kappa shape index (κ2) is 8.87. The van der Waals surface area contributed by atoms with Crippen LogP contribution in [0.4, 0.5) is 10.5 Å². The first-order valence-corrected chi connectivity index (χ1v) is 11.4. The number of amides is 2. The minimum atomic E-state index is -0.0773. The van der Waals surface area contributed by atoms with Gasteiger partial charge in [-0.3, -0.25) is 0 Å². The second-order valence-corrected chi connectivity index (χ2v) is 8.57. The van der Waals surface area contributed by atoms with Crippen molar-refractivity contribution in [2.24, 2.45) is 0 Å². The third-order valence-electron chi connectivity index (χ3n) is 6.44. The Kier molecular flexibility index (Phi) is 5.63. The van der Waals surface area contributed by atoms with Gasteiger partial charge in [0.1, 0.15) is 5.69 Å². The highest BCUT2D eigenvalue weighted by Gasteiger charge is 2.24. The molecule has 0 atom stereocenters. The molecule has 162 valence electrons. The predicted molar refractivity (Wildman–Crippen MR) is 130 cm³/mol. The van der Waals surface area contributed by atoms with Gasteiger partial charge in [-0.1, -0.05) is 73.9 Å². The van der Waals surface area contributed by atoms with Crippen LogP contribution in [0.3, 0.4) is 0 Å². The van der Waals surface area contributed by atoms with E-state index in [1.165, 1.54) is 24.6 Å². The lowest BCUT2D eigenvalue weighted by atomic mass is 9.95. The van der Waals surface area contributed by atoms with Crippen LogP contribution in [0.5, 0.6) is 0 Å². The number of nitrogens with zero attached hydrogens (tertiary/aromatic N) is 3. The van der Waals surface area contributed by atoms with E-state index in [1.54, 1.807) is 0 Å². The Morgan fingerprint density at radius 1 is 0.938 bits per heavy atom. The number of rotatable bonds is 4. The van der Waals surface area contributed by atoms with Crippen LogP contribution in [-0.4, -0.2) is 33.8 Å². The molecule has 0 radical (unpaired) electrons. The van der Waals surface area contributed by atoms with E-state index in [9.17, 15) is 4.79 Å². The maximum atomic E-state index is 13.1. The summed E-state index contributed by atoms with van der Waals surface area (Å²) in [5.41, 5.74) is 3.42. The number of carbonyl (C=O) groups is 1. The molecule has 32 heavy (non-hydrogen) atoms. The van der Waals surface area contributed by atoms with Crippen LogP contribution in [0.25, 0.3) is 27.7 Å². The first-order chi connectivity index (χ1) is 15.7. The van der Waals surface area contributed by atoms with E-state index in [0.717, 1.165) is 40.9 Å². The maximum absolute atomic E-state index is 13.1. The second-order valence-electron chi connectivity index (χ2n) is 8.57. The molecule has 3 aromatic carbocycles. The fraction of sp³-hybridized carbons (Fsp3) is 0.259. The van der Waals surface area contributed by atoms with Crippen LogP contribution in [0.1, 0.15) is 32.1 Å². The Hall–Kier alpha value is -3.60. The van der Waals surface area contributed by atoms with Crippen LogP contribution >= 0.6 is 0 Å². The summed E-state index contributed by atoms with van der Waals surface area (Å²) < 4.78 is 1.83. The van der Waals surface area contributed by atoms with Crippen LogP contribution in [-0.2, 0) is 0 Å². The third kappa shape index (κ3) is 4.11. The molecule has 5 heteroatoms. The molecule has 1 aliphatic carbocycles. The molecule has 2 amide bonds. The molecule has 1 N–H and O–H groups in total. The van der Waals surface area contributed by atoms with Crippen LogP contribution in [0, 0.1) is 0 Å². The Morgan fingerprint density at radius 3 is 2.44 bits per heavy atom. The third-order valence-corrected chi connectivity index (χ3v) is 6.44. The molecule has 0 spiro atoms. The summed E-state index contributed by atoms with van der Waals surface area (Å²) in [5.74, 6) is 0. The Bertz CT molecular complexity index is 1220. The number of urea groups is 1. The van der Waals surface area contributed by atoms with E-state index >= 15 is 0 Å². The van der Waals surface area contributed by atoms with Crippen molar-refractivity contribution >= 4 is 22.5 Å². The summed E-state index contributed by atoms with van der Waals surface area (Å²) in [5, 5.41) is 10.3. The predicted octanol–water partition coefficient (Wildman–Crippen LogP) is 6.49. The number of nitrogens with one attached hydrogen (secondary N) is 1. The zero-order chi connectivity index (χ0) is 21.9. The molecule has 1 saturated carbocycles. The van der Waals surface area contributed by atoms with E-state index in [4.69, 9.17) is 5.10 Å².